The van der Waals surface area contributed by atoms with E-state index < -0.39 is 15.4 Å². The average Bonchev–Trinajstić information content (AvgIpc) is 2.75. The van der Waals surface area contributed by atoms with Gasteiger partial charge in [-0.3, -0.25) is 4.79 Å². The second-order valence-corrected chi connectivity index (χ2v) is 10.3. The predicted octanol–water partition coefficient (Wildman–Crippen LogP) is 3.41. The van der Waals surface area contributed by atoms with Crippen LogP contribution in [0.2, 0.25) is 0 Å². The smallest absolute Gasteiger partial charge is 0.212 e. The lowest BCUT2D eigenvalue weighted by Gasteiger charge is -2.36. The molecule has 2 atom stereocenters. The maximum atomic E-state index is 12.8. The van der Waals surface area contributed by atoms with Crippen molar-refractivity contribution in [2.75, 3.05) is 5.75 Å². The van der Waals surface area contributed by atoms with Crippen molar-refractivity contribution in [2.24, 2.45) is 16.7 Å². The Labute approximate surface area is 140 Å². The van der Waals surface area contributed by atoms with Gasteiger partial charge in [0.15, 0.2) is 0 Å². The normalized spacial score (nSPS) is 35.2. The standard InChI is InChI=1S/C18H31NO3S/c1-17(2)14-10-11-18(17,16(20)12-14)13-23(21,22)19-15-8-6-4-3-5-7-9-15/h14-15,19H,3-13H2,1-2H3/t14-,18+/m0/s1. The monoisotopic (exact) mass is 341 g/mol. The highest BCUT2D eigenvalue weighted by molar-refractivity contribution is 7.89. The molecule has 3 aliphatic carbocycles. The highest BCUT2D eigenvalue weighted by Crippen LogP contribution is 2.64. The lowest BCUT2D eigenvalue weighted by Crippen LogP contribution is -2.47. The van der Waals surface area contributed by atoms with E-state index in [9.17, 15) is 13.2 Å². The molecule has 0 saturated heterocycles. The molecule has 1 N–H and O–H groups in total. The summed E-state index contributed by atoms with van der Waals surface area (Å²) in [6.45, 7) is 4.20. The topological polar surface area (TPSA) is 63.2 Å². The molecule has 2 bridgehead atoms. The van der Waals surface area contributed by atoms with Gasteiger partial charge >= 0.3 is 0 Å². The molecule has 3 fully saturated rings. The van der Waals surface area contributed by atoms with Gasteiger partial charge in [-0.2, -0.15) is 0 Å². The molecular formula is C18H31NO3S. The Morgan fingerprint density at radius 3 is 2.17 bits per heavy atom. The minimum atomic E-state index is -3.41. The molecule has 3 aliphatic rings. The van der Waals surface area contributed by atoms with Crippen LogP contribution in [0.5, 0.6) is 0 Å². The quantitative estimate of drug-likeness (QED) is 0.852. The zero-order valence-electron chi connectivity index (χ0n) is 14.6. The fourth-order valence-electron chi connectivity index (χ4n) is 5.30. The van der Waals surface area contributed by atoms with Crippen molar-refractivity contribution < 1.29 is 13.2 Å². The van der Waals surface area contributed by atoms with Crippen molar-refractivity contribution >= 4 is 15.8 Å². The third-order valence-electron chi connectivity index (χ3n) is 7.03. The summed E-state index contributed by atoms with van der Waals surface area (Å²) in [6.07, 6.45) is 10.1. The second-order valence-electron chi connectivity index (χ2n) is 8.59. The second kappa shape index (κ2) is 6.14. The first kappa shape index (κ1) is 17.4. The summed E-state index contributed by atoms with van der Waals surface area (Å²) in [5, 5.41) is 0. The van der Waals surface area contributed by atoms with Crippen LogP contribution in [0, 0.1) is 16.7 Å². The predicted molar refractivity (Wildman–Crippen MR) is 91.6 cm³/mol. The number of hydrogen-bond acceptors (Lipinski definition) is 3. The SMILES string of the molecule is CC1(C)[C@H]2CC[C@@]1(CS(=O)(=O)NC1CCCCCCC1)C(=O)C2. The van der Waals surface area contributed by atoms with E-state index in [2.05, 4.69) is 18.6 Å². The van der Waals surface area contributed by atoms with E-state index in [1.807, 2.05) is 0 Å². The Bertz CT molecular complexity index is 561. The molecule has 0 heterocycles. The first-order valence-electron chi connectivity index (χ1n) is 9.30. The van der Waals surface area contributed by atoms with Crippen LogP contribution in [-0.4, -0.2) is 26.0 Å². The van der Waals surface area contributed by atoms with Gasteiger partial charge in [0.05, 0.1) is 5.75 Å². The Hall–Kier alpha value is -0.420. The maximum Gasteiger partial charge on any atom is 0.212 e. The number of hydrogen-bond donors (Lipinski definition) is 1. The van der Waals surface area contributed by atoms with E-state index in [0.29, 0.717) is 12.3 Å². The Morgan fingerprint density at radius 2 is 1.65 bits per heavy atom. The lowest BCUT2D eigenvalue weighted by atomic mass is 9.70. The minimum Gasteiger partial charge on any atom is -0.299 e. The molecule has 3 saturated carbocycles. The summed E-state index contributed by atoms with van der Waals surface area (Å²) < 4.78 is 28.6. The molecule has 4 nitrogen and oxygen atoms in total. The number of rotatable bonds is 4. The average molecular weight is 342 g/mol. The minimum absolute atomic E-state index is 0.00116. The molecule has 0 unspecified atom stereocenters. The zero-order valence-corrected chi connectivity index (χ0v) is 15.4. The van der Waals surface area contributed by atoms with Crippen LogP contribution in [0.1, 0.15) is 78.1 Å². The molecule has 0 radical (unpaired) electrons. The molecule has 0 aromatic carbocycles. The van der Waals surface area contributed by atoms with Gasteiger partial charge in [0.1, 0.15) is 5.78 Å². The number of fused-ring (bicyclic) bond motifs is 2. The number of ketones is 1. The van der Waals surface area contributed by atoms with Crippen molar-refractivity contribution in [1.29, 1.82) is 0 Å². The van der Waals surface area contributed by atoms with Crippen molar-refractivity contribution in [3.05, 3.63) is 0 Å². The van der Waals surface area contributed by atoms with Crippen LogP contribution in [0.25, 0.3) is 0 Å². The van der Waals surface area contributed by atoms with Gasteiger partial charge in [-0.05, 0) is 37.0 Å². The van der Waals surface area contributed by atoms with Gasteiger partial charge in [-0.25, -0.2) is 13.1 Å². The van der Waals surface area contributed by atoms with Crippen LogP contribution in [0.4, 0.5) is 0 Å². The number of carbonyl (C=O) groups excluding carboxylic acids is 1. The van der Waals surface area contributed by atoms with E-state index in [0.717, 1.165) is 38.5 Å². The Balaban J connectivity index is 1.72. The Morgan fingerprint density at radius 1 is 1.04 bits per heavy atom. The molecule has 23 heavy (non-hydrogen) atoms. The number of Topliss-reactive ketones (excluding diaryl/α,β-unsaturated/α-hetero) is 1. The summed E-state index contributed by atoms with van der Waals surface area (Å²) in [6, 6.07) is 0.0634. The molecule has 132 valence electrons. The van der Waals surface area contributed by atoms with Gasteiger partial charge in [0.25, 0.3) is 0 Å². The van der Waals surface area contributed by atoms with E-state index in [1.54, 1.807) is 0 Å². The zero-order chi connectivity index (χ0) is 16.7. The summed E-state index contributed by atoms with van der Waals surface area (Å²) >= 11 is 0. The summed E-state index contributed by atoms with van der Waals surface area (Å²) in [4.78, 5) is 12.6. The van der Waals surface area contributed by atoms with E-state index >= 15 is 0 Å². The van der Waals surface area contributed by atoms with Crippen molar-refractivity contribution in [3.8, 4) is 0 Å². The molecule has 0 amide bonds. The molecule has 0 aromatic heterocycles. The van der Waals surface area contributed by atoms with Gasteiger partial charge in [0, 0.05) is 17.9 Å². The van der Waals surface area contributed by atoms with Gasteiger partial charge < -0.3 is 0 Å². The summed E-state index contributed by atoms with van der Waals surface area (Å²) in [5.41, 5.74) is -0.828. The molecule has 0 spiro atoms. The van der Waals surface area contributed by atoms with E-state index in [1.165, 1.54) is 19.3 Å². The van der Waals surface area contributed by atoms with Crippen LogP contribution < -0.4 is 4.72 Å². The summed E-state index contributed by atoms with van der Waals surface area (Å²) in [5.74, 6) is 0.548. The molecule has 3 rings (SSSR count). The third-order valence-corrected chi connectivity index (χ3v) is 8.59. The summed E-state index contributed by atoms with van der Waals surface area (Å²) in [7, 11) is -3.41. The van der Waals surface area contributed by atoms with Crippen molar-refractivity contribution in [1.82, 2.24) is 4.72 Å². The van der Waals surface area contributed by atoms with Crippen LogP contribution in [0.15, 0.2) is 0 Å². The van der Waals surface area contributed by atoms with Gasteiger partial charge in [0.2, 0.25) is 10.0 Å². The molecule has 5 heteroatoms. The third kappa shape index (κ3) is 3.11. The fourth-order valence-corrected chi connectivity index (χ4v) is 7.46. The first-order chi connectivity index (χ1) is 10.8. The highest BCUT2D eigenvalue weighted by Gasteiger charge is 2.65. The maximum absolute atomic E-state index is 12.8. The Kier molecular flexibility index (Phi) is 4.65. The highest BCUT2D eigenvalue weighted by atomic mass is 32.2. The fraction of sp³-hybridized carbons (Fsp3) is 0.944. The number of sulfonamides is 1. The van der Waals surface area contributed by atoms with Gasteiger partial charge in [-0.15, -0.1) is 0 Å². The molecular weight excluding hydrogens is 310 g/mol. The van der Waals surface area contributed by atoms with Crippen LogP contribution in [0.3, 0.4) is 0 Å². The van der Waals surface area contributed by atoms with Crippen molar-refractivity contribution in [3.63, 3.8) is 0 Å². The van der Waals surface area contributed by atoms with E-state index in [-0.39, 0.29) is 23.0 Å². The first-order valence-corrected chi connectivity index (χ1v) is 11.0. The largest absolute Gasteiger partial charge is 0.299 e. The van der Waals surface area contributed by atoms with Crippen LogP contribution in [-0.2, 0) is 14.8 Å². The van der Waals surface area contributed by atoms with Crippen molar-refractivity contribution in [2.45, 2.75) is 84.1 Å². The number of nitrogens with one attached hydrogen (secondary N) is 1. The van der Waals surface area contributed by atoms with E-state index in [4.69, 9.17) is 0 Å². The number of carbonyl (C=O) groups is 1. The van der Waals surface area contributed by atoms with Gasteiger partial charge in [-0.1, -0.05) is 46.0 Å². The molecule has 0 aliphatic heterocycles. The molecule has 0 aromatic rings. The lowest BCUT2D eigenvalue weighted by molar-refractivity contribution is -0.128. The van der Waals surface area contributed by atoms with Crippen LogP contribution >= 0.6 is 0 Å².